The predicted octanol–water partition coefficient (Wildman–Crippen LogP) is 3.95. The third kappa shape index (κ3) is 4.46. The van der Waals surface area contributed by atoms with Crippen molar-refractivity contribution in [2.45, 2.75) is 6.92 Å². The Hall–Kier alpha value is -3.32. The van der Waals surface area contributed by atoms with Crippen molar-refractivity contribution in [1.82, 2.24) is 9.88 Å². The first-order chi connectivity index (χ1) is 14.5. The maximum Gasteiger partial charge on any atom is 0.323 e. The van der Waals surface area contributed by atoms with Gasteiger partial charge in [-0.1, -0.05) is 6.07 Å². The van der Waals surface area contributed by atoms with Crippen molar-refractivity contribution < 1.29 is 9.53 Å². The van der Waals surface area contributed by atoms with Crippen LogP contribution < -0.4 is 20.3 Å². The van der Waals surface area contributed by atoms with Crippen molar-refractivity contribution in [3.63, 3.8) is 0 Å². The van der Waals surface area contributed by atoms with Crippen LogP contribution in [0.2, 0.25) is 0 Å². The number of rotatable bonds is 4. The van der Waals surface area contributed by atoms with Gasteiger partial charge < -0.3 is 25.2 Å². The van der Waals surface area contributed by atoms with Crippen LogP contribution in [0.1, 0.15) is 5.56 Å². The molecular formula is C23H27N5O2. The van der Waals surface area contributed by atoms with E-state index in [9.17, 15) is 4.79 Å². The Morgan fingerprint density at radius 3 is 2.47 bits per heavy atom. The number of hydrogen-bond acceptors (Lipinski definition) is 5. The van der Waals surface area contributed by atoms with Crippen molar-refractivity contribution >= 4 is 34.1 Å². The molecule has 30 heavy (non-hydrogen) atoms. The van der Waals surface area contributed by atoms with E-state index in [2.05, 4.69) is 40.5 Å². The molecule has 0 unspecified atom stereocenters. The number of nitrogens with one attached hydrogen (secondary N) is 2. The summed E-state index contributed by atoms with van der Waals surface area (Å²) >= 11 is 0. The number of fused-ring (bicyclic) bond motifs is 1. The van der Waals surface area contributed by atoms with Gasteiger partial charge in [0.2, 0.25) is 0 Å². The second-order valence-corrected chi connectivity index (χ2v) is 7.63. The number of aromatic nitrogens is 1. The van der Waals surface area contributed by atoms with Crippen molar-refractivity contribution in [2.24, 2.45) is 0 Å². The Morgan fingerprint density at radius 1 is 1.00 bits per heavy atom. The van der Waals surface area contributed by atoms with Gasteiger partial charge >= 0.3 is 6.03 Å². The molecule has 1 saturated heterocycles. The van der Waals surface area contributed by atoms with Gasteiger partial charge in [0.05, 0.1) is 12.6 Å². The van der Waals surface area contributed by atoms with Crippen LogP contribution in [0.15, 0.2) is 48.5 Å². The van der Waals surface area contributed by atoms with Gasteiger partial charge in [0, 0.05) is 49.0 Å². The number of piperazine rings is 1. The van der Waals surface area contributed by atoms with Gasteiger partial charge in [-0.15, -0.1) is 0 Å². The molecule has 0 spiro atoms. The molecule has 1 aliphatic heterocycles. The SMILES string of the molecule is COc1cccc(NC(=O)Nc2ccc3nc(N4CCN(C)CC4)cc(C)c3c2)c1. The van der Waals surface area contributed by atoms with E-state index in [0.29, 0.717) is 11.4 Å². The zero-order valence-electron chi connectivity index (χ0n) is 17.6. The average molecular weight is 406 g/mol. The van der Waals surface area contributed by atoms with E-state index in [1.54, 1.807) is 13.2 Å². The highest BCUT2D eigenvalue weighted by Gasteiger charge is 2.16. The number of methoxy groups -OCH3 is 1. The number of nitrogens with zero attached hydrogens (tertiary/aromatic N) is 3. The second kappa shape index (κ2) is 8.59. The predicted molar refractivity (Wildman–Crippen MR) is 122 cm³/mol. The van der Waals surface area contributed by atoms with E-state index < -0.39 is 0 Å². The lowest BCUT2D eigenvalue weighted by atomic mass is 10.1. The van der Waals surface area contributed by atoms with Crippen LogP contribution in [0, 0.1) is 6.92 Å². The second-order valence-electron chi connectivity index (χ2n) is 7.63. The molecule has 156 valence electrons. The van der Waals surface area contributed by atoms with Gasteiger partial charge in [0.1, 0.15) is 11.6 Å². The zero-order valence-corrected chi connectivity index (χ0v) is 17.6. The monoisotopic (exact) mass is 405 g/mol. The van der Waals surface area contributed by atoms with Gasteiger partial charge in [0.15, 0.2) is 0 Å². The van der Waals surface area contributed by atoms with E-state index in [1.165, 1.54) is 0 Å². The summed E-state index contributed by atoms with van der Waals surface area (Å²) in [6, 6.07) is 14.9. The first kappa shape index (κ1) is 20.0. The number of anilines is 3. The summed E-state index contributed by atoms with van der Waals surface area (Å²) in [5.41, 5.74) is 3.47. The van der Waals surface area contributed by atoms with Crippen molar-refractivity contribution in [3.05, 3.63) is 54.1 Å². The molecule has 4 rings (SSSR count). The Balaban J connectivity index is 1.49. The Morgan fingerprint density at radius 2 is 1.73 bits per heavy atom. The number of benzene rings is 2. The third-order valence-corrected chi connectivity index (χ3v) is 5.41. The summed E-state index contributed by atoms with van der Waals surface area (Å²) in [6.45, 7) is 6.15. The van der Waals surface area contributed by atoms with Crippen LogP contribution in [0.5, 0.6) is 5.75 Å². The standard InChI is InChI=1S/C23H27N5O2/c1-16-13-22(28-11-9-27(2)10-12-28)26-21-8-7-18(15-20(16)21)25-23(29)24-17-5-4-6-19(14-17)30-3/h4-8,13-15H,9-12H2,1-3H3,(H2,24,25,29). The van der Waals surface area contributed by atoms with Crippen molar-refractivity contribution in [3.8, 4) is 5.75 Å². The first-order valence-corrected chi connectivity index (χ1v) is 10.1. The summed E-state index contributed by atoms with van der Waals surface area (Å²) in [7, 11) is 3.75. The van der Waals surface area contributed by atoms with Crippen molar-refractivity contribution in [1.29, 1.82) is 0 Å². The molecule has 2 amide bonds. The average Bonchev–Trinajstić information content (AvgIpc) is 2.74. The number of urea groups is 1. The van der Waals surface area contributed by atoms with Crippen LogP contribution in [0.25, 0.3) is 10.9 Å². The van der Waals surface area contributed by atoms with Crippen LogP contribution in [0.4, 0.5) is 22.0 Å². The quantitative estimate of drug-likeness (QED) is 0.688. The highest BCUT2D eigenvalue weighted by molar-refractivity contribution is 6.01. The largest absolute Gasteiger partial charge is 0.497 e. The fourth-order valence-electron chi connectivity index (χ4n) is 3.65. The van der Waals surface area contributed by atoms with E-state index in [-0.39, 0.29) is 6.03 Å². The topological polar surface area (TPSA) is 69.7 Å². The summed E-state index contributed by atoms with van der Waals surface area (Å²) in [5, 5.41) is 6.76. The molecule has 1 fully saturated rings. The number of ether oxygens (including phenoxy) is 1. The third-order valence-electron chi connectivity index (χ3n) is 5.41. The minimum atomic E-state index is -0.303. The molecule has 2 N–H and O–H groups in total. The highest BCUT2D eigenvalue weighted by Crippen LogP contribution is 2.26. The lowest BCUT2D eigenvalue weighted by Crippen LogP contribution is -2.44. The van der Waals surface area contributed by atoms with Gasteiger partial charge in [-0.2, -0.15) is 0 Å². The minimum Gasteiger partial charge on any atom is -0.497 e. The summed E-state index contributed by atoms with van der Waals surface area (Å²) in [4.78, 5) is 21.9. The highest BCUT2D eigenvalue weighted by atomic mass is 16.5. The molecule has 0 saturated carbocycles. The summed E-state index contributed by atoms with van der Waals surface area (Å²) in [5.74, 6) is 1.71. The molecule has 2 aromatic carbocycles. The maximum atomic E-state index is 12.4. The summed E-state index contributed by atoms with van der Waals surface area (Å²) < 4.78 is 5.19. The fourth-order valence-corrected chi connectivity index (χ4v) is 3.65. The fraction of sp³-hybridized carbons (Fsp3) is 0.304. The number of aryl methyl sites for hydroxylation is 1. The number of carbonyl (C=O) groups excluding carboxylic acids is 1. The number of hydrogen-bond donors (Lipinski definition) is 2. The Kier molecular flexibility index (Phi) is 5.72. The summed E-state index contributed by atoms with van der Waals surface area (Å²) in [6.07, 6.45) is 0. The zero-order chi connectivity index (χ0) is 21.1. The van der Waals surface area contributed by atoms with E-state index >= 15 is 0 Å². The van der Waals surface area contributed by atoms with E-state index in [0.717, 1.165) is 54.2 Å². The molecule has 0 bridgehead atoms. The molecule has 7 heteroatoms. The molecule has 0 radical (unpaired) electrons. The van der Waals surface area contributed by atoms with Gasteiger partial charge in [-0.05, 0) is 55.9 Å². The number of likely N-dealkylation sites (N-methyl/N-ethyl adjacent to an activating group) is 1. The lowest BCUT2D eigenvalue weighted by molar-refractivity contribution is 0.262. The van der Waals surface area contributed by atoms with Crippen LogP contribution in [-0.4, -0.2) is 56.3 Å². The van der Waals surface area contributed by atoms with Crippen LogP contribution in [0.3, 0.4) is 0 Å². The smallest absolute Gasteiger partial charge is 0.323 e. The molecule has 0 atom stereocenters. The molecule has 1 aliphatic rings. The first-order valence-electron chi connectivity index (χ1n) is 10.1. The minimum absolute atomic E-state index is 0.303. The molecule has 2 heterocycles. The van der Waals surface area contributed by atoms with Gasteiger partial charge in [-0.25, -0.2) is 9.78 Å². The molecule has 3 aromatic rings. The maximum absolute atomic E-state index is 12.4. The Labute approximate surface area is 176 Å². The van der Waals surface area contributed by atoms with Gasteiger partial charge in [0.25, 0.3) is 0 Å². The lowest BCUT2D eigenvalue weighted by Gasteiger charge is -2.33. The van der Waals surface area contributed by atoms with Gasteiger partial charge in [-0.3, -0.25) is 0 Å². The Bertz CT molecular complexity index is 1060. The number of carbonyl (C=O) groups is 1. The van der Waals surface area contributed by atoms with Crippen LogP contribution >= 0.6 is 0 Å². The van der Waals surface area contributed by atoms with Crippen LogP contribution in [-0.2, 0) is 0 Å². The molecular weight excluding hydrogens is 378 g/mol. The van der Waals surface area contributed by atoms with E-state index in [1.807, 2.05) is 36.4 Å². The molecule has 1 aromatic heterocycles. The number of pyridine rings is 1. The number of amides is 2. The van der Waals surface area contributed by atoms with E-state index in [4.69, 9.17) is 9.72 Å². The molecule has 7 nitrogen and oxygen atoms in total. The molecule has 0 aliphatic carbocycles. The normalized spacial score (nSPS) is 14.6. The van der Waals surface area contributed by atoms with Crippen molar-refractivity contribution in [2.75, 3.05) is 55.9 Å².